The molecular formula is C4H12AlN. The van der Waals surface area contributed by atoms with Crippen LogP contribution in [0.25, 0.3) is 0 Å². The fraction of sp³-hybridized carbons (Fsp3) is 1.00. The molecule has 0 atom stereocenters. The van der Waals surface area contributed by atoms with Gasteiger partial charge < -0.3 is 2.85 Å². The van der Waals surface area contributed by atoms with Crippen molar-refractivity contribution in [2.75, 3.05) is 13.1 Å². The smallest absolute Gasteiger partial charge is 1.00 e. The van der Waals surface area contributed by atoms with Crippen LogP contribution >= 0.6 is 0 Å². The molecule has 0 amide bonds. The standard InChI is InChI=1S/C4H10N.Al.2H/c1-3-5-4-2;;;/h3-4H2,1-2H3;;;/q-1;+3;2*-1. The molecule has 0 aromatic carbocycles. The number of hydrogen-bond donors (Lipinski definition) is 0. The normalized spacial score (nSPS) is 10.2. The Hall–Kier alpha value is 0.492. The van der Waals surface area contributed by atoms with Crippen LogP contribution in [-0.2, 0) is 0 Å². The third-order valence-corrected chi connectivity index (χ3v) is 1.54. The van der Waals surface area contributed by atoms with Gasteiger partial charge in [-0.3, -0.25) is 0 Å². The zero-order chi connectivity index (χ0) is 4.99. The molecule has 0 unspecified atom stereocenters. The van der Waals surface area contributed by atoms with E-state index >= 15 is 0 Å². The topological polar surface area (TPSA) is 3.24 Å². The van der Waals surface area contributed by atoms with E-state index in [1.807, 2.05) is 0 Å². The van der Waals surface area contributed by atoms with Gasteiger partial charge in [0.1, 0.15) is 0 Å². The molecule has 0 aliphatic heterocycles. The van der Waals surface area contributed by atoms with Crippen LogP contribution in [0.4, 0.5) is 0 Å². The number of rotatable bonds is 2. The molecule has 0 aliphatic carbocycles. The summed E-state index contributed by atoms with van der Waals surface area (Å²) in [5.74, 6) is 0. The van der Waals surface area contributed by atoms with E-state index in [1.165, 1.54) is 0 Å². The van der Waals surface area contributed by atoms with E-state index in [0.717, 1.165) is 13.1 Å². The minimum absolute atomic E-state index is 0. The van der Waals surface area contributed by atoms with Crippen LogP contribution in [0, 0.1) is 0 Å². The van der Waals surface area contributed by atoms with Gasteiger partial charge in [0.2, 0.25) is 0 Å². The first-order chi connectivity index (χ1) is 2.81. The maximum atomic E-state index is 2.64. The van der Waals surface area contributed by atoms with Gasteiger partial charge in [-0.1, -0.05) is 0 Å². The molecule has 0 aromatic rings. The fourth-order valence-electron chi connectivity index (χ4n) is 0.224. The average molecular weight is 101 g/mol. The summed E-state index contributed by atoms with van der Waals surface area (Å²) < 4.78 is 2.17. The van der Waals surface area contributed by atoms with Crippen molar-refractivity contribution in [3.8, 4) is 0 Å². The molecule has 0 radical (unpaired) electrons. The molecule has 0 rings (SSSR count). The van der Waals surface area contributed by atoms with E-state index in [1.54, 1.807) is 0 Å². The quantitative estimate of drug-likeness (QED) is 0.461. The van der Waals surface area contributed by atoms with Gasteiger partial charge >= 0.3 is 47.3 Å². The van der Waals surface area contributed by atoms with Crippen molar-refractivity contribution in [1.82, 2.24) is 3.88 Å². The van der Waals surface area contributed by atoms with Gasteiger partial charge in [-0.2, -0.15) is 0 Å². The molecule has 0 aromatic heterocycles. The van der Waals surface area contributed by atoms with Crippen LogP contribution in [-0.4, -0.2) is 33.5 Å². The molecule has 36 valence electrons. The first-order valence-electron chi connectivity index (χ1n) is 2.30. The minimum Gasteiger partial charge on any atom is -1.00 e. The Kier molecular flexibility index (Phi) is 3.98. The molecule has 1 nitrogen and oxygen atoms in total. The Balaban J connectivity index is -0.000000125. The van der Waals surface area contributed by atoms with Gasteiger partial charge in [-0.05, 0) is 0 Å². The van der Waals surface area contributed by atoms with Crippen LogP contribution < -0.4 is 0 Å². The van der Waals surface area contributed by atoms with Crippen LogP contribution in [0.5, 0.6) is 0 Å². The molecule has 0 bridgehead atoms. The fourth-order valence-corrected chi connectivity index (χ4v) is 0.224. The largest absolute Gasteiger partial charge is 1.00 e. The van der Waals surface area contributed by atoms with Crippen molar-refractivity contribution in [1.29, 1.82) is 0 Å². The summed E-state index contributed by atoms with van der Waals surface area (Å²) in [6.07, 6.45) is 0. The number of hydrogen-bond acceptors (Lipinski definition) is 1. The molecular weight excluding hydrogens is 89.0 g/mol. The summed E-state index contributed by atoms with van der Waals surface area (Å²) in [6, 6.07) is 0. The summed E-state index contributed by atoms with van der Waals surface area (Å²) in [5, 5.41) is 0. The molecule has 6 heavy (non-hydrogen) atoms. The maximum Gasteiger partial charge on any atom is -1.00 e. The van der Waals surface area contributed by atoms with E-state index in [4.69, 9.17) is 0 Å². The van der Waals surface area contributed by atoms with Crippen molar-refractivity contribution in [2.45, 2.75) is 13.8 Å². The Bertz CT molecular complexity index is 33.2. The van der Waals surface area contributed by atoms with Gasteiger partial charge in [-0.15, -0.1) is 0 Å². The summed E-state index contributed by atoms with van der Waals surface area (Å²) in [6.45, 7) is 6.52. The van der Waals surface area contributed by atoms with Gasteiger partial charge in [0.05, 0.1) is 0 Å². The third-order valence-electron chi connectivity index (χ3n) is 0.812. The van der Waals surface area contributed by atoms with E-state index in [2.05, 4.69) is 34.2 Å². The van der Waals surface area contributed by atoms with E-state index < -0.39 is 0 Å². The summed E-state index contributed by atoms with van der Waals surface area (Å²) in [4.78, 5) is 0. The third kappa shape index (κ3) is 2.72. The predicted molar refractivity (Wildman–Crippen MR) is 30.9 cm³/mol. The van der Waals surface area contributed by atoms with Crippen LogP contribution in [0.15, 0.2) is 0 Å². The average Bonchev–Trinajstić information content (AvgIpc) is 1.65. The van der Waals surface area contributed by atoms with Crippen LogP contribution in [0.2, 0.25) is 0 Å². The molecule has 2 heteroatoms. The van der Waals surface area contributed by atoms with Crippen molar-refractivity contribution in [3.63, 3.8) is 0 Å². The Morgan fingerprint density at radius 1 is 1.50 bits per heavy atom. The molecule has 0 spiro atoms. The minimum atomic E-state index is 0. The van der Waals surface area contributed by atoms with Gasteiger partial charge in [0.15, 0.2) is 0 Å². The molecule has 0 saturated heterocycles. The molecule has 0 fully saturated rings. The van der Waals surface area contributed by atoms with Crippen molar-refractivity contribution >= 4 is 16.5 Å². The first kappa shape index (κ1) is 6.49. The second-order valence-electron chi connectivity index (χ2n) is 1.22. The monoisotopic (exact) mass is 101 g/mol. The number of nitrogens with zero attached hydrogens (tertiary/aromatic N) is 1. The van der Waals surface area contributed by atoms with Crippen molar-refractivity contribution < 1.29 is 2.85 Å². The molecule has 0 N–H and O–H groups in total. The predicted octanol–water partition coefficient (Wildman–Crippen LogP) is 0.637. The van der Waals surface area contributed by atoms with E-state index in [-0.39, 0.29) is 2.85 Å². The SMILES string of the molecule is CC[N]([Al+2])CC.[H-].[H-]. The summed E-state index contributed by atoms with van der Waals surface area (Å²) in [5.41, 5.74) is 0. The van der Waals surface area contributed by atoms with Gasteiger partial charge in [0.25, 0.3) is 0 Å². The molecule has 0 heterocycles. The molecule has 0 aliphatic rings. The Morgan fingerprint density at radius 2 is 1.83 bits per heavy atom. The van der Waals surface area contributed by atoms with Crippen LogP contribution in [0.3, 0.4) is 0 Å². The Morgan fingerprint density at radius 3 is 1.83 bits per heavy atom. The second-order valence-corrected chi connectivity index (χ2v) is 1.95. The second kappa shape index (κ2) is 3.67. The van der Waals surface area contributed by atoms with Gasteiger partial charge in [0, 0.05) is 0 Å². The van der Waals surface area contributed by atoms with Gasteiger partial charge in [-0.25, -0.2) is 0 Å². The van der Waals surface area contributed by atoms with Crippen molar-refractivity contribution in [2.24, 2.45) is 0 Å². The first-order valence-corrected chi connectivity index (χ1v) is 2.82. The summed E-state index contributed by atoms with van der Waals surface area (Å²) in [7, 11) is 0. The summed E-state index contributed by atoms with van der Waals surface area (Å²) >= 11 is 2.64. The molecule has 0 saturated carbocycles. The Labute approximate surface area is 50.9 Å². The van der Waals surface area contributed by atoms with Crippen LogP contribution in [0.1, 0.15) is 16.7 Å². The zero-order valence-corrected chi connectivity index (χ0v) is 5.59. The maximum absolute atomic E-state index is 2.64. The zero-order valence-electron chi connectivity index (χ0n) is 6.44. The van der Waals surface area contributed by atoms with Crippen molar-refractivity contribution in [3.05, 3.63) is 0 Å². The van der Waals surface area contributed by atoms with E-state index in [9.17, 15) is 0 Å². The van der Waals surface area contributed by atoms with E-state index in [0.29, 0.717) is 0 Å².